The summed E-state index contributed by atoms with van der Waals surface area (Å²) in [5.74, 6) is 0.579. The van der Waals surface area contributed by atoms with Gasteiger partial charge in [-0.3, -0.25) is 0 Å². The summed E-state index contributed by atoms with van der Waals surface area (Å²) in [6.45, 7) is 4.03. The molecule has 0 unspecified atom stereocenters. The van der Waals surface area contributed by atoms with Gasteiger partial charge in [-0.2, -0.15) is 4.98 Å². The van der Waals surface area contributed by atoms with E-state index in [0.29, 0.717) is 11.8 Å². The number of anilines is 1. The maximum Gasteiger partial charge on any atom is 0.321 e. The fourth-order valence-electron chi connectivity index (χ4n) is 1.28. The van der Waals surface area contributed by atoms with Crippen molar-refractivity contribution in [2.24, 2.45) is 0 Å². The van der Waals surface area contributed by atoms with Crippen LogP contribution in [0.1, 0.15) is 13.8 Å². The number of aromatic nitrogens is 2. The maximum atomic E-state index is 5.09. The second kappa shape index (κ2) is 4.65. The molecule has 0 amide bonds. The molecule has 16 heavy (non-hydrogen) atoms. The van der Waals surface area contributed by atoms with Crippen molar-refractivity contribution in [1.29, 1.82) is 0 Å². The summed E-state index contributed by atoms with van der Waals surface area (Å²) in [5.41, 5.74) is 0.919. The Morgan fingerprint density at radius 2 is 2.06 bits per heavy atom. The van der Waals surface area contributed by atoms with Crippen LogP contribution in [-0.2, 0) is 0 Å². The van der Waals surface area contributed by atoms with Crippen LogP contribution in [0.4, 0.5) is 6.01 Å². The topological polar surface area (TPSA) is 51.0 Å². The highest BCUT2D eigenvalue weighted by Gasteiger charge is 2.11. The van der Waals surface area contributed by atoms with Gasteiger partial charge in [-0.25, -0.2) is 0 Å². The zero-order valence-corrected chi connectivity index (χ0v) is 10.7. The first-order valence-electron chi connectivity index (χ1n) is 5.02. The molecule has 0 aliphatic carbocycles. The molecule has 1 aromatic carbocycles. The Labute approximate surface area is 102 Å². The predicted octanol–water partition coefficient (Wildman–Crippen LogP) is 3.32. The van der Waals surface area contributed by atoms with Crippen LogP contribution in [0.5, 0.6) is 0 Å². The molecule has 1 N–H and O–H groups in total. The van der Waals surface area contributed by atoms with Gasteiger partial charge in [0.15, 0.2) is 0 Å². The second-order valence-electron chi connectivity index (χ2n) is 3.70. The molecule has 0 spiro atoms. The van der Waals surface area contributed by atoms with Crippen LogP contribution in [-0.4, -0.2) is 16.2 Å². The number of rotatable bonds is 3. The number of hydrogen-bond donors (Lipinski definition) is 1. The monoisotopic (exact) mass is 281 g/mol. The smallest absolute Gasteiger partial charge is 0.321 e. The number of hydrogen-bond acceptors (Lipinski definition) is 4. The summed E-state index contributed by atoms with van der Waals surface area (Å²) in [6.07, 6.45) is 0. The van der Waals surface area contributed by atoms with Crippen molar-refractivity contribution in [2.75, 3.05) is 5.32 Å². The Balaban J connectivity index is 2.28. The van der Waals surface area contributed by atoms with E-state index >= 15 is 0 Å². The Morgan fingerprint density at radius 1 is 1.31 bits per heavy atom. The van der Waals surface area contributed by atoms with E-state index in [0.717, 1.165) is 10.0 Å². The first-order chi connectivity index (χ1) is 7.66. The molecule has 0 bridgehead atoms. The summed E-state index contributed by atoms with van der Waals surface area (Å²) in [6, 6.07) is 8.48. The van der Waals surface area contributed by atoms with Gasteiger partial charge in [0.1, 0.15) is 0 Å². The SMILES string of the molecule is CC(C)Nc1nc(-c2ccccc2Br)no1. The molecule has 0 radical (unpaired) electrons. The molecule has 0 aliphatic heterocycles. The van der Waals surface area contributed by atoms with E-state index in [-0.39, 0.29) is 6.04 Å². The molecule has 0 atom stereocenters. The van der Waals surface area contributed by atoms with E-state index in [4.69, 9.17) is 4.52 Å². The lowest BCUT2D eigenvalue weighted by Gasteiger charge is -2.01. The van der Waals surface area contributed by atoms with E-state index < -0.39 is 0 Å². The lowest BCUT2D eigenvalue weighted by Crippen LogP contribution is -2.09. The second-order valence-corrected chi connectivity index (χ2v) is 4.56. The minimum Gasteiger partial charge on any atom is -0.336 e. The Hall–Kier alpha value is -1.36. The number of nitrogens with zero attached hydrogens (tertiary/aromatic N) is 2. The minimum atomic E-state index is 0.271. The summed E-state index contributed by atoms with van der Waals surface area (Å²) < 4.78 is 6.04. The summed E-state index contributed by atoms with van der Waals surface area (Å²) in [5, 5.41) is 6.98. The lowest BCUT2D eigenvalue weighted by atomic mass is 10.2. The average molecular weight is 282 g/mol. The van der Waals surface area contributed by atoms with Crippen molar-refractivity contribution in [3.05, 3.63) is 28.7 Å². The van der Waals surface area contributed by atoms with Crippen LogP contribution in [0.3, 0.4) is 0 Å². The van der Waals surface area contributed by atoms with Crippen LogP contribution in [0.15, 0.2) is 33.3 Å². The zero-order chi connectivity index (χ0) is 11.5. The van der Waals surface area contributed by atoms with Crippen LogP contribution in [0.25, 0.3) is 11.4 Å². The molecule has 1 heterocycles. The molecule has 1 aromatic heterocycles. The van der Waals surface area contributed by atoms with Gasteiger partial charge >= 0.3 is 6.01 Å². The Morgan fingerprint density at radius 3 is 2.75 bits per heavy atom. The molecular weight excluding hydrogens is 270 g/mol. The van der Waals surface area contributed by atoms with E-state index in [1.807, 2.05) is 38.1 Å². The molecule has 84 valence electrons. The van der Waals surface area contributed by atoms with Crippen LogP contribution in [0, 0.1) is 0 Å². The molecule has 0 aliphatic rings. The van der Waals surface area contributed by atoms with Gasteiger partial charge in [0.25, 0.3) is 0 Å². The third-order valence-corrected chi connectivity index (χ3v) is 2.64. The quantitative estimate of drug-likeness (QED) is 0.938. The lowest BCUT2D eigenvalue weighted by molar-refractivity contribution is 0.429. The molecule has 5 heteroatoms. The third kappa shape index (κ3) is 2.41. The number of benzene rings is 1. The van der Waals surface area contributed by atoms with Crippen molar-refractivity contribution in [2.45, 2.75) is 19.9 Å². The van der Waals surface area contributed by atoms with Crippen molar-refractivity contribution < 1.29 is 4.52 Å². The molecule has 0 saturated carbocycles. The van der Waals surface area contributed by atoms with E-state index in [1.165, 1.54) is 0 Å². The fraction of sp³-hybridized carbons (Fsp3) is 0.273. The van der Waals surface area contributed by atoms with Gasteiger partial charge in [-0.1, -0.05) is 33.2 Å². The van der Waals surface area contributed by atoms with Crippen LogP contribution < -0.4 is 5.32 Å². The van der Waals surface area contributed by atoms with E-state index in [1.54, 1.807) is 0 Å². The zero-order valence-electron chi connectivity index (χ0n) is 9.07. The van der Waals surface area contributed by atoms with Crippen molar-refractivity contribution in [3.8, 4) is 11.4 Å². The predicted molar refractivity (Wildman–Crippen MR) is 66.2 cm³/mol. The van der Waals surface area contributed by atoms with Gasteiger partial charge in [0.05, 0.1) is 0 Å². The van der Waals surface area contributed by atoms with Gasteiger partial charge in [-0.15, -0.1) is 0 Å². The highest BCUT2D eigenvalue weighted by Crippen LogP contribution is 2.26. The molecular formula is C11H12BrN3O. The third-order valence-electron chi connectivity index (χ3n) is 1.95. The Bertz CT molecular complexity index is 482. The molecule has 2 rings (SSSR count). The first kappa shape index (κ1) is 11.1. The normalized spacial score (nSPS) is 10.8. The minimum absolute atomic E-state index is 0.271. The molecule has 4 nitrogen and oxygen atoms in total. The van der Waals surface area contributed by atoms with E-state index in [9.17, 15) is 0 Å². The number of nitrogens with one attached hydrogen (secondary N) is 1. The molecule has 2 aromatic rings. The van der Waals surface area contributed by atoms with Crippen LogP contribution in [0.2, 0.25) is 0 Å². The Kier molecular flexibility index (Phi) is 3.24. The summed E-state index contributed by atoms with van der Waals surface area (Å²) >= 11 is 3.45. The molecule has 0 saturated heterocycles. The van der Waals surface area contributed by atoms with Crippen molar-refractivity contribution in [3.63, 3.8) is 0 Å². The first-order valence-corrected chi connectivity index (χ1v) is 5.81. The van der Waals surface area contributed by atoms with Gasteiger partial charge in [-0.05, 0) is 26.0 Å². The van der Waals surface area contributed by atoms with E-state index in [2.05, 4.69) is 31.4 Å². The number of halogens is 1. The van der Waals surface area contributed by atoms with Gasteiger partial charge < -0.3 is 9.84 Å². The van der Waals surface area contributed by atoms with Gasteiger partial charge in [0, 0.05) is 16.1 Å². The highest BCUT2D eigenvalue weighted by atomic mass is 79.9. The maximum absolute atomic E-state index is 5.09. The largest absolute Gasteiger partial charge is 0.336 e. The summed E-state index contributed by atoms with van der Waals surface area (Å²) in [7, 11) is 0. The average Bonchev–Trinajstić information content (AvgIpc) is 2.66. The highest BCUT2D eigenvalue weighted by molar-refractivity contribution is 9.10. The molecule has 0 fully saturated rings. The van der Waals surface area contributed by atoms with Crippen molar-refractivity contribution in [1.82, 2.24) is 10.1 Å². The summed E-state index contributed by atoms with van der Waals surface area (Å²) in [4.78, 5) is 4.26. The van der Waals surface area contributed by atoms with Crippen LogP contribution >= 0.6 is 15.9 Å². The fourth-order valence-corrected chi connectivity index (χ4v) is 1.74. The van der Waals surface area contributed by atoms with Crippen molar-refractivity contribution >= 4 is 21.9 Å². The standard InChI is InChI=1S/C11H12BrN3O/c1-7(2)13-11-14-10(15-16-11)8-5-3-4-6-9(8)12/h3-7H,1-2H3,(H,13,14,15). The van der Waals surface area contributed by atoms with Gasteiger partial charge in [0.2, 0.25) is 5.82 Å².